The molecule has 5 atom stereocenters. The average Bonchev–Trinajstić information content (AvgIpc) is 3.08. The van der Waals surface area contributed by atoms with Crippen molar-refractivity contribution in [1.82, 2.24) is 21.0 Å². The summed E-state index contributed by atoms with van der Waals surface area (Å²) in [5.41, 5.74) is 0.420. The third-order valence-electron chi connectivity index (χ3n) is 7.16. The van der Waals surface area contributed by atoms with Crippen LogP contribution in [0.1, 0.15) is 75.2 Å². The third kappa shape index (κ3) is 7.00. The molecule has 0 bridgehead atoms. The maximum Gasteiger partial charge on any atom is 0.408 e. The zero-order chi connectivity index (χ0) is 28.5. The van der Waals surface area contributed by atoms with Gasteiger partial charge in [0, 0.05) is 6.54 Å². The second-order valence-electron chi connectivity index (χ2n) is 12.7. The molecule has 1 aliphatic carbocycles. The molecule has 0 aromatic carbocycles. The van der Waals surface area contributed by atoms with E-state index in [1.807, 2.05) is 47.0 Å². The molecule has 0 radical (unpaired) electrons. The number of hydrogen-bond acceptors (Lipinski definition) is 7. The normalized spacial score (nSPS) is 23.8. The van der Waals surface area contributed by atoms with Crippen LogP contribution in [0.4, 0.5) is 4.79 Å². The van der Waals surface area contributed by atoms with Crippen molar-refractivity contribution in [3.8, 4) is 0 Å². The van der Waals surface area contributed by atoms with Crippen molar-refractivity contribution in [3.05, 3.63) is 0 Å². The lowest BCUT2D eigenvalue weighted by Crippen LogP contribution is -2.60. The van der Waals surface area contributed by atoms with E-state index in [9.17, 15) is 24.0 Å². The molecule has 2 rings (SSSR count). The van der Waals surface area contributed by atoms with E-state index in [-0.39, 0.29) is 23.7 Å². The van der Waals surface area contributed by atoms with E-state index in [0.29, 0.717) is 13.0 Å². The van der Waals surface area contributed by atoms with Gasteiger partial charge >= 0.3 is 12.0 Å². The van der Waals surface area contributed by atoms with Crippen LogP contribution in [0, 0.1) is 22.7 Å². The van der Waals surface area contributed by atoms with Crippen molar-refractivity contribution in [3.63, 3.8) is 0 Å². The van der Waals surface area contributed by atoms with Gasteiger partial charge in [-0.25, -0.2) is 10.3 Å². The lowest BCUT2D eigenvalue weighted by atomic mass is 9.85. The lowest BCUT2D eigenvalue weighted by molar-refractivity contribution is -0.147. The second-order valence-corrected chi connectivity index (χ2v) is 12.7. The molecule has 11 nitrogen and oxygen atoms in total. The Morgan fingerprint density at radius 2 is 1.62 bits per heavy atom. The van der Waals surface area contributed by atoms with E-state index in [1.165, 1.54) is 12.0 Å². The summed E-state index contributed by atoms with van der Waals surface area (Å²) in [6, 6.07) is -2.84. The van der Waals surface area contributed by atoms with Gasteiger partial charge in [0.05, 0.1) is 13.2 Å². The number of piperidine rings is 1. The number of carbonyl (C=O) groups excluding carboxylic acids is 5. The summed E-state index contributed by atoms with van der Waals surface area (Å²) >= 11 is 0. The molecule has 3 N–H and O–H groups in total. The predicted octanol–water partition coefficient (Wildman–Crippen LogP) is 1.94. The van der Waals surface area contributed by atoms with Crippen LogP contribution in [-0.2, 0) is 28.8 Å². The van der Waals surface area contributed by atoms with Crippen molar-refractivity contribution in [1.29, 1.82) is 0 Å². The molecule has 210 valence electrons. The molecule has 1 saturated heterocycles. The number of alkyl carbamates (subject to hydrolysis) is 1. The van der Waals surface area contributed by atoms with Crippen molar-refractivity contribution < 1.29 is 33.5 Å². The Kier molecular flexibility index (Phi) is 9.05. The number of rotatable bonds is 9. The lowest BCUT2D eigenvalue weighted by Gasteiger charge is -2.38. The summed E-state index contributed by atoms with van der Waals surface area (Å²) < 4.78 is 5.38. The van der Waals surface area contributed by atoms with Crippen LogP contribution >= 0.6 is 0 Å². The molecule has 0 aromatic rings. The monoisotopic (exact) mass is 524 g/mol. The molecule has 11 heteroatoms. The fourth-order valence-corrected chi connectivity index (χ4v) is 5.17. The van der Waals surface area contributed by atoms with Crippen LogP contribution in [0.15, 0.2) is 0 Å². The number of fused-ring (bicyclic) bond motifs is 1. The first-order chi connectivity index (χ1) is 16.9. The highest BCUT2D eigenvalue weighted by molar-refractivity contribution is 6.38. The Morgan fingerprint density at radius 1 is 1.03 bits per heavy atom. The van der Waals surface area contributed by atoms with Gasteiger partial charge in [0.2, 0.25) is 17.6 Å². The number of ketones is 1. The van der Waals surface area contributed by atoms with Crippen molar-refractivity contribution in [2.75, 3.05) is 13.7 Å². The summed E-state index contributed by atoms with van der Waals surface area (Å²) in [5, 5.41) is 5.42. The first-order valence-corrected chi connectivity index (χ1v) is 12.8. The second kappa shape index (κ2) is 11.0. The number of ether oxygens (including phenoxy) is 1. The maximum absolute atomic E-state index is 13.9. The SMILES string of the molecule is CCCC(NC(=O)[C@@H]1[C@@H]2[C@H](CN1C(=O)[C@@H](NC(=O)OC(C)(C)C)C(C)(C)C)C2(C)C)C(=O)C(=O)NOC. The Bertz CT molecular complexity index is 919. The fraction of sp³-hybridized carbons (Fsp3) is 0.808. The Morgan fingerprint density at radius 3 is 2.11 bits per heavy atom. The molecule has 0 aromatic heterocycles. The molecule has 4 amide bonds. The highest BCUT2D eigenvalue weighted by Crippen LogP contribution is 2.65. The minimum Gasteiger partial charge on any atom is -0.444 e. The first kappa shape index (κ1) is 30.5. The minimum absolute atomic E-state index is 0.103. The number of hydrogen-bond donors (Lipinski definition) is 3. The van der Waals surface area contributed by atoms with Crippen LogP contribution in [0.25, 0.3) is 0 Å². The smallest absolute Gasteiger partial charge is 0.408 e. The van der Waals surface area contributed by atoms with Crippen LogP contribution in [0.2, 0.25) is 0 Å². The topological polar surface area (TPSA) is 143 Å². The summed E-state index contributed by atoms with van der Waals surface area (Å²) in [6.45, 7) is 17.0. The molecule has 1 unspecified atom stereocenters. The summed E-state index contributed by atoms with van der Waals surface area (Å²) in [4.78, 5) is 70.8. The highest BCUT2D eigenvalue weighted by Gasteiger charge is 2.69. The van der Waals surface area contributed by atoms with E-state index < -0.39 is 58.7 Å². The van der Waals surface area contributed by atoms with Gasteiger partial charge in [0.1, 0.15) is 17.7 Å². The summed E-state index contributed by atoms with van der Waals surface area (Å²) in [7, 11) is 1.22. The molecule has 2 aliphatic rings. The van der Waals surface area contributed by atoms with Gasteiger partial charge in [-0.2, -0.15) is 0 Å². The molecule has 37 heavy (non-hydrogen) atoms. The van der Waals surface area contributed by atoms with E-state index in [2.05, 4.69) is 15.5 Å². The van der Waals surface area contributed by atoms with Gasteiger partial charge in [-0.3, -0.25) is 24.0 Å². The largest absolute Gasteiger partial charge is 0.444 e. The van der Waals surface area contributed by atoms with Gasteiger partial charge in [-0.15, -0.1) is 0 Å². The maximum atomic E-state index is 13.9. The first-order valence-electron chi connectivity index (χ1n) is 12.8. The number of nitrogens with one attached hydrogen (secondary N) is 3. The van der Waals surface area contributed by atoms with Crippen molar-refractivity contribution in [2.24, 2.45) is 22.7 Å². The molecule has 0 spiro atoms. The van der Waals surface area contributed by atoms with Gasteiger partial charge in [-0.1, -0.05) is 48.0 Å². The molecule has 1 aliphatic heterocycles. The van der Waals surface area contributed by atoms with Gasteiger partial charge in [0.15, 0.2) is 0 Å². The zero-order valence-electron chi connectivity index (χ0n) is 23.8. The number of amides is 4. The van der Waals surface area contributed by atoms with Crippen LogP contribution in [0.3, 0.4) is 0 Å². The number of nitrogens with zero attached hydrogens (tertiary/aromatic N) is 1. The molecule has 1 heterocycles. The van der Waals surface area contributed by atoms with Crippen molar-refractivity contribution in [2.45, 2.75) is 98.9 Å². The van der Waals surface area contributed by atoms with Crippen molar-refractivity contribution >= 4 is 29.6 Å². The van der Waals surface area contributed by atoms with Gasteiger partial charge < -0.3 is 20.3 Å². The Hall–Kier alpha value is -2.69. The number of hydroxylamine groups is 1. The Labute approximate surface area is 219 Å². The number of likely N-dealkylation sites (tertiary alicyclic amines) is 1. The standard InChI is InChI=1S/C26H44N4O7/c1-11-12-15(18(31)21(33)29-36-10)27-20(32)17-16-14(26(16,8)9)13-30(17)22(34)19(24(2,3)4)28-23(35)37-25(5,6)7/h14-17,19H,11-13H2,1-10H3,(H,27,32)(H,28,35)(H,29,33)/t14-,15?,16-,17-,19+/m0/s1. The summed E-state index contributed by atoms with van der Waals surface area (Å²) in [6.07, 6.45) is 0.0856. The number of carbonyl (C=O) groups is 5. The Balaban J connectivity index is 2.31. The van der Waals surface area contributed by atoms with E-state index in [0.717, 1.165) is 0 Å². The van der Waals surface area contributed by atoms with Gasteiger partial charge in [0.25, 0.3) is 0 Å². The molecule has 1 saturated carbocycles. The van der Waals surface area contributed by atoms with E-state index in [4.69, 9.17) is 4.74 Å². The van der Waals surface area contributed by atoms with Crippen LogP contribution < -0.4 is 16.1 Å². The zero-order valence-corrected chi connectivity index (χ0v) is 23.8. The quantitative estimate of drug-likeness (QED) is 0.309. The van der Waals surface area contributed by atoms with Crippen LogP contribution in [0.5, 0.6) is 0 Å². The fourth-order valence-electron chi connectivity index (χ4n) is 5.17. The molecular formula is C26H44N4O7. The highest BCUT2D eigenvalue weighted by atomic mass is 16.6. The molecular weight excluding hydrogens is 480 g/mol. The minimum atomic E-state index is -1.05. The molecule has 2 fully saturated rings. The van der Waals surface area contributed by atoms with E-state index >= 15 is 0 Å². The summed E-state index contributed by atoms with van der Waals surface area (Å²) in [5.74, 6) is -2.67. The average molecular weight is 525 g/mol. The number of Topliss-reactive ketones (excluding diaryl/α,β-unsaturated/α-hetero) is 1. The van der Waals surface area contributed by atoms with E-state index in [1.54, 1.807) is 20.8 Å². The predicted molar refractivity (Wildman–Crippen MR) is 136 cm³/mol. The third-order valence-corrected chi connectivity index (χ3v) is 7.16. The van der Waals surface area contributed by atoms with Crippen LogP contribution in [-0.4, -0.2) is 71.9 Å². The van der Waals surface area contributed by atoms with Gasteiger partial charge in [-0.05, 0) is 49.9 Å².